The van der Waals surface area contributed by atoms with Gasteiger partial charge in [0.1, 0.15) is 5.69 Å². The number of nitrogens with zero attached hydrogens (tertiary/aromatic N) is 4. The van der Waals surface area contributed by atoms with Crippen LogP contribution in [0.4, 0.5) is 5.69 Å². The summed E-state index contributed by atoms with van der Waals surface area (Å²) in [5.41, 5.74) is 7.99. The first-order chi connectivity index (χ1) is 8.17. The number of aryl methyl sites for hydroxylation is 2. The predicted octanol–water partition coefficient (Wildman–Crippen LogP) is 1.01. The Labute approximate surface area is 98.6 Å². The van der Waals surface area contributed by atoms with Crippen LogP contribution in [0, 0.1) is 0 Å². The van der Waals surface area contributed by atoms with Gasteiger partial charge in [0, 0.05) is 7.05 Å². The summed E-state index contributed by atoms with van der Waals surface area (Å²) >= 11 is 0. The largest absolute Gasteiger partial charge is 0.449 e. The first-order valence-corrected chi connectivity index (χ1v) is 5.45. The Balaban J connectivity index is 2.41. The molecule has 17 heavy (non-hydrogen) atoms. The van der Waals surface area contributed by atoms with Crippen molar-refractivity contribution in [2.24, 2.45) is 7.05 Å². The van der Waals surface area contributed by atoms with Gasteiger partial charge in [0.15, 0.2) is 0 Å². The third-order valence-electron chi connectivity index (χ3n) is 2.37. The molecular formula is C10H15N5O2. The second-order valence-electron chi connectivity index (χ2n) is 3.49. The number of rotatable bonds is 4. The lowest BCUT2D eigenvalue weighted by molar-refractivity contribution is 0.246. The molecule has 2 rings (SSSR count). The summed E-state index contributed by atoms with van der Waals surface area (Å²) in [5, 5.41) is 11.9. The van der Waals surface area contributed by atoms with Gasteiger partial charge in [-0.2, -0.15) is 5.10 Å². The van der Waals surface area contributed by atoms with Crippen molar-refractivity contribution in [3.63, 3.8) is 0 Å². The van der Waals surface area contributed by atoms with Crippen molar-refractivity contribution >= 4 is 5.69 Å². The van der Waals surface area contributed by atoms with Crippen molar-refractivity contribution in [1.82, 2.24) is 20.0 Å². The SMILES string of the molecule is CCOc1nnc(-c2c(N)c(CC)nn2C)o1. The summed E-state index contributed by atoms with van der Waals surface area (Å²) < 4.78 is 12.1. The van der Waals surface area contributed by atoms with Crippen LogP contribution in [0.3, 0.4) is 0 Å². The zero-order valence-electron chi connectivity index (χ0n) is 10.1. The fraction of sp³-hybridized carbons (Fsp3) is 0.500. The summed E-state index contributed by atoms with van der Waals surface area (Å²) in [7, 11) is 1.79. The van der Waals surface area contributed by atoms with Gasteiger partial charge in [0.25, 0.3) is 5.89 Å². The number of ether oxygens (including phenoxy) is 1. The fourth-order valence-corrected chi connectivity index (χ4v) is 1.60. The van der Waals surface area contributed by atoms with E-state index in [1.807, 2.05) is 13.8 Å². The first kappa shape index (κ1) is 11.4. The second-order valence-corrected chi connectivity index (χ2v) is 3.49. The molecule has 7 nitrogen and oxygen atoms in total. The third kappa shape index (κ3) is 1.95. The molecule has 0 atom stereocenters. The molecule has 0 unspecified atom stereocenters. The molecule has 0 aliphatic carbocycles. The molecule has 0 bridgehead atoms. The summed E-state index contributed by atoms with van der Waals surface area (Å²) in [6.45, 7) is 4.31. The van der Waals surface area contributed by atoms with Gasteiger partial charge in [-0.15, -0.1) is 5.10 Å². The molecule has 7 heteroatoms. The lowest BCUT2D eigenvalue weighted by Crippen LogP contribution is -1.95. The number of hydrogen-bond acceptors (Lipinski definition) is 6. The highest BCUT2D eigenvalue weighted by Gasteiger charge is 2.19. The van der Waals surface area contributed by atoms with Gasteiger partial charge in [-0.1, -0.05) is 12.0 Å². The highest BCUT2D eigenvalue weighted by atomic mass is 16.6. The topological polar surface area (TPSA) is 92.0 Å². The Morgan fingerprint density at radius 3 is 2.71 bits per heavy atom. The maximum Gasteiger partial charge on any atom is 0.414 e. The van der Waals surface area contributed by atoms with E-state index in [0.717, 1.165) is 12.1 Å². The van der Waals surface area contributed by atoms with Crippen LogP contribution >= 0.6 is 0 Å². The molecule has 0 aliphatic heterocycles. The molecule has 2 aromatic rings. The van der Waals surface area contributed by atoms with Crippen LogP contribution in [0.2, 0.25) is 0 Å². The smallest absolute Gasteiger partial charge is 0.414 e. The van der Waals surface area contributed by atoms with E-state index in [2.05, 4.69) is 15.3 Å². The monoisotopic (exact) mass is 237 g/mol. The standard InChI is InChI=1S/C10H15N5O2/c1-4-6-7(11)8(15(3)14-6)9-12-13-10(17-9)16-5-2/h4-5,11H2,1-3H3. The molecule has 92 valence electrons. The van der Waals surface area contributed by atoms with E-state index in [9.17, 15) is 0 Å². The Morgan fingerprint density at radius 1 is 1.35 bits per heavy atom. The van der Waals surface area contributed by atoms with Gasteiger partial charge in [0.05, 0.1) is 18.0 Å². The Morgan fingerprint density at radius 2 is 2.12 bits per heavy atom. The van der Waals surface area contributed by atoms with Crippen LogP contribution in [0.25, 0.3) is 11.6 Å². The summed E-state index contributed by atoms with van der Waals surface area (Å²) in [5.74, 6) is 0.320. The minimum atomic E-state index is 0.140. The Kier molecular flexibility index (Phi) is 2.99. The Hall–Kier alpha value is -2.05. The fourth-order valence-electron chi connectivity index (χ4n) is 1.60. The highest BCUT2D eigenvalue weighted by Crippen LogP contribution is 2.28. The normalized spacial score (nSPS) is 10.8. The molecule has 0 amide bonds. The average Bonchev–Trinajstić information content (AvgIpc) is 2.84. The lowest BCUT2D eigenvalue weighted by atomic mass is 10.2. The van der Waals surface area contributed by atoms with Crippen molar-refractivity contribution < 1.29 is 9.15 Å². The third-order valence-corrected chi connectivity index (χ3v) is 2.37. The van der Waals surface area contributed by atoms with E-state index in [0.29, 0.717) is 23.9 Å². The van der Waals surface area contributed by atoms with Gasteiger partial charge in [-0.05, 0) is 13.3 Å². The number of anilines is 1. The van der Waals surface area contributed by atoms with Crippen molar-refractivity contribution in [2.45, 2.75) is 20.3 Å². The van der Waals surface area contributed by atoms with Gasteiger partial charge in [0.2, 0.25) is 0 Å². The molecule has 2 aromatic heterocycles. The second kappa shape index (κ2) is 4.44. The first-order valence-electron chi connectivity index (χ1n) is 5.45. The van der Waals surface area contributed by atoms with E-state index < -0.39 is 0 Å². The van der Waals surface area contributed by atoms with Crippen molar-refractivity contribution in [1.29, 1.82) is 0 Å². The van der Waals surface area contributed by atoms with Gasteiger partial charge in [-0.25, -0.2) is 0 Å². The quantitative estimate of drug-likeness (QED) is 0.853. The minimum Gasteiger partial charge on any atom is -0.449 e. The van der Waals surface area contributed by atoms with Crippen molar-refractivity contribution in [2.75, 3.05) is 12.3 Å². The van der Waals surface area contributed by atoms with Crippen LogP contribution in [-0.4, -0.2) is 26.6 Å². The molecule has 2 heterocycles. The molecule has 0 aliphatic rings. The molecule has 0 radical (unpaired) electrons. The zero-order valence-corrected chi connectivity index (χ0v) is 10.1. The number of nitrogen functional groups attached to an aromatic ring is 1. The van der Waals surface area contributed by atoms with Gasteiger partial charge in [-0.3, -0.25) is 4.68 Å². The van der Waals surface area contributed by atoms with E-state index in [1.54, 1.807) is 11.7 Å². The number of nitrogens with two attached hydrogens (primary N) is 1. The van der Waals surface area contributed by atoms with Crippen LogP contribution in [0.1, 0.15) is 19.5 Å². The van der Waals surface area contributed by atoms with Crippen LogP contribution < -0.4 is 10.5 Å². The molecule has 0 aromatic carbocycles. The molecule has 0 saturated heterocycles. The van der Waals surface area contributed by atoms with Crippen LogP contribution in [-0.2, 0) is 13.5 Å². The van der Waals surface area contributed by atoms with Gasteiger partial charge >= 0.3 is 6.08 Å². The van der Waals surface area contributed by atoms with Crippen molar-refractivity contribution in [3.05, 3.63) is 5.69 Å². The van der Waals surface area contributed by atoms with E-state index in [-0.39, 0.29) is 6.08 Å². The predicted molar refractivity (Wildman–Crippen MR) is 61.5 cm³/mol. The van der Waals surface area contributed by atoms with Crippen molar-refractivity contribution in [3.8, 4) is 17.7 Å². The molecule has 0 saturated carbocycles. The van der Waals surface area contributed by atoms with Crippen LogP contribution in [0.15, 0.2) is 4.42 Å². The minimum absolute atomic E-state index is 0.140. The molecule has 0 fully saturated rings. The maximum atomic E-state index is 5.98. The number of aromatic nitrogens is 4. The van der Waals surface area contributed by atoms with Gasteiger partial charge < -0.3 is 14.9 Å². The number of hydrogen-bond donors (Lipinski definition) is 1. The lowest BCUT2D eigenvalue weighted by Gasteiger charge is -1.97. The zero-order chi connectivity index (χ0) is 12.4. The highest BCUT2D eigenvalue weighted by molar-refractivity contribution is 5.68. The summed E-state index contributed by atoms with van der Waals surface area (Å²) in [6, 6.07) is 0. The van der Waals surface area contributed by atoms with E-state index in [4.69, 9.17) is 14.9 Å². The van der Waals surface area contributed by atoms with E-state index in [1.165, 1.54) is 0 Å². The summed E-state index contributed by atoms with van der Waals surface area (Å²) in [4.78, 5) is 0. The Bertz CT molecular complexity index is 517. The molecule has 0 spiro atoms. The van der Waals surface area contributed by atoms with Crippen LogP contribution in [0.5, 0.6) is 6.08 Å². The van der Waals surface area contributed by atoms with E-state index >= 15 is 0 Å². The average molecular weight is 237 g/mol. The molecule has 2 N–H and O–H groups in total. The molecular weight excluding hydrogens is 222 g/mol. The maximum absolute atomic E-state index is 5.98. The summed E-state index contributed by atoms with van der Waals surface area (Å²) in [6.07, 6.45) is 0.896.